The molecule has 0 saturated carbocycles. The zero-order valence-electron chi connectivity index (χ0n) is 12.1. The van der Waals surface area contributed by atoms with Crippen LogP contribution >= 0.6 is 0 Å². The second-order valence-corrected chi connectivity index (χ2v) is 4.83. The lowest BCUT2D eigenvalue weighted by molar-refractivity contribution is 0.831. The normalized spacial score (nSPS) is 10.9. The molecule has 0 aliphatic rings. The Morgan fingerprint density at radius 1 is 1.21 bits per heavy atom. The van der Waals surface area contributed by atoms with Crippen molar-refractivity contribution in [1.29, 1.82) is 0 Å². The summed E-state index contributed by atoms with van der Waals surface area (Å²) >= 11 is 0. The molecule has 19 heavy (non-hydrogen) atoms. The number of nitrogens with two attached hydrogens (primary N) is 1. The number of fused-ring (bicyclic) bond motifs is 1. The smallest absolute Gasteiger partial charge is 0.132 e. The zero-order chi connectivity index (χ0) is 13.8. The number of aromatic nitrogens is 1. The van der Waals surface area contributed by atoms with Gasteiger partial charge in [0, 0.05) is 18.5 Å². The van der Waals surface area contributed by atoms with Crippen LogP contribution in [0.3, 0.4) is 0 Å². The molecule has 2 rings (SSSR count). The largest absolute Gasteiger partial charge is 0.357 e. The Morgan fingerprint density at radius 2 is 1.95 bits per heavy atom. The molecule has 0 atom stereocenters. The van der Waals surface area contributed by atoms with Crippen LogP contribution in [0.2, 0.25) is 0 Å². The third kappa shape index (κ3) is 2.71. The van der Waals surface area contributed by atoms with Gasteiger partial charge in [-0.3, -0.25) is 0 Å². The van der Waals surface area contributed by atoms with Gasteiger partial charge in [0.05, 0.1) is 5.52 Å². The van der Waals surface area contributed by atoms with Crippen molar-refractivity contribution in [1.82, 2.24) is 4.98 Å². The average Bonchev–Trinajstić information content (AvgIpc) is 2.41. The summed E-state index contributed by atoms with van der Waals surface area (Å²) in [4.78, 5) is 7.21. The van der Waals surface area contributed by atoms with E-state index in [9.17, 15) is 0 Å². The second-order valence-electron chi connectivity index (χ2n) is 4.83. The fourth-order valence-corrected chi connectivity index (χ4v) is 2.52. The topological polar surface area (TPSA) is 42.2 Å². The molecule has 102 valence electrons. The SMILES string of the molecule is CCN(CC)c1nc2c(C)cccc2cc1CCN. The van der Waals surface area contributed by atoms with Crippen molar-refractivity contribution in [3.8, 4) is 0 Å². The molecule has 2 N–H and O–H groups in total. The van der Waals surface area contributed by atoms with Crippen LogP contribution in [-0.2, 0) is 6.42 Å². The Labute approximate surface area is 115 Å². The van der Waals surface area contributed by atoms with Gasteiger partial charge < -0.3 is 10.6 Å². The molecule has 0 fully saturated rings. The lowest BCUT2D eigenvalue weighted by atomic mass is 10.1. The van der Waals surface area contributed by atoms with E-state index in [-0.39, 0.29) is 0 Å². The Balaban J connectivity index is 2.64. The van der Waals surface area contributed by atoms with Crippen molar-refractivity contribution in [2.45, 2.75) is 27.2 Å². The molecule has 0 bridgehead atoms. The summed E-state index contributed by atoms with van der Waals surface area (Å²) < 4.78 is 0. The first-order chi connectivity index (χ1) is 9.21. The zero-order valence-corrected chi connectivity index (χ0v) is 12.1. The first-order valence-corrected chi connectivity index (χ1v) is 7.05. The van der Waals surface area contributed by atoms with Crippen LogP contribution in [0.1, 0.15) is 25.0 Å². The number of benzene rings is 1. The third-order valence-electron chi connectivity index (χ3n) is 3.58. The van der Waals surface area contributed by atoms with Crippen LogP contribution in [-0.4, -0.2) is 24.6 Å². The first-order valence-electron chi connectivity index (χ1n) is 7.05. The average molecular weight is 257 g/mol. The molecule has 3 nitrogen and oxygen atoms in total. The Bertz CT molecular complexity index is 559. The molecule has 2 aromatic rings. The summed E-state index contributed by atoms with van der Waals surface area (Å²) in [5.74, 6) is 1.09. The van der Waals surface area contributed by atoms with Crippen molar-refractivity contribution >= 4 is 16.7 Å². The maximum Gasteiger partial charge on any atom is 0.132 e. The van der Waals surface area contributed by atoms with E-state index in [1.807, 2.05) is 0 Å². The van der Waals surface area contributed by atoms with Crippen molar-refractivity contribution in [2.75, 3.05) is 24.5 Å². The minimum Gasteiger partial charge on any atom is -0.357 e. The lowest BCUT2D eigenvalue weighted by Gasteiger charge is -2.23. The van der Waals surface area contributed by atoms with Crippen molar-refractivity contribution in [3.05, 3.63) is 35.4 Å². The van der Waals surface area contributed by atoms with E-state index in [1.165, 1.54) is 16.5 Å². The fourth-order valence-electron chi connectivity index (χ4n) is 2.52. The number of aryl methyl sites for hydroxylation is 1. The van der Waals surface area contributed by atoms with Crippen LogP contribution < -0.4 is 10.6 Å². The highest BCUT2D eigenvalue weighted by Crippen LogP contribution is 2.25. The first kappa shape index (κ1) is 13.8. The number of rotatable bonds is 5. The van der Waals surface area contributed by atoms with E-state index in [4.69, 9.17) is 10.7 Å². The van der Waals surface area contributed by atoms with Gasteiger partial charge in [0.15, 0.2) is 0 Å². The molecule has 0 unspecified atom stereocenters. The number of pyridine rings is 1. The van der Waals surface area contributed by atoms with Crippen molar-refractivity contribution in [2.24, 2.45) is 5.73 Å². The minimum atomic E-state index is 0.660. The number of para-hydroxylation sites is 1. The van der Waals surface area contributed by atoms with Gasteiger partial charge in [0.1, 0.15) is 5.82 Å². The minimum absolute atomic E-state index is 0.660. The van der Waals surface area contributed by atoms with Crippen LogP contribution in [0.5, 0.6) is 0 Å². The van der Waals surface area contributed by atoms with Crippen LogP contribution in [0.25, 0.3) is 10.9 Å². The summed E-state index contributed by atoms with van der Waals surface area (Å²) in [7, 11) is 0. The van der Waals surface area contributed by atoms with Gasteiger partial charge in [-0.05, 0) is 50.9 Å². The Hall–Kier alpha value is -1.61. The summed E-state index contributed by atoms with van der Waals surface area (Å²) in [6, 6.07) is 8.57. The molecular weight excluding hydrogens is 234 g/mol. The molecule has 1 heterocycles. The van der Waals surface area contributed by atoms with Crippen molar-refractivity contribution in [3.63, 3.8) is 0 Å². The molecule has 0 aliphatic heterocycles. The molecule has 1 aromatic carbocycles. The van der Waals surface area contributed by atoms with Gasteiger partial charge in [0.25, 0.3) is 0 Å². The standard InChI is InChI=1S/C16H23N3/c1-4-19(5-2)16-14(9-10-17)11-13-8-6-7-12(3)15(13)18-16/h6-8,11H,4-5,9-10,17H2,1-3H3. The lowest BCUT2D eigenvalue weighted by Crippen LogP contribution is -2.25. The van der Waals surface area contributed by atoms with Crippen molar-refractivity contribution < 1.29 is 0 Å². The van der Waals surface area contributed by atoms with Gasteiger partial charge in [-0.2, -0.15) is 0 Å². The molecule has 3 heteroatoms. The van der Waals surface area contributed by atoms with E-state index >= 15 is 0 Å². The molecule has 0 radical (unpaired) electrons. The van der Waals surface area contributed by atoms with Crippen LogP contribution in [0.15, 0.2) is 24.3 Å². The Kier molecular flexibility index (Phi) is 4.38. The Morgan fingerprint density at radius 3 is 2.58 bits per heavy atom. The number of nitrogens with zero attached hydrogens (tertiary/aromatic N) is 2. The van der Waals surface area contributed by atoms with E-state index < -0.39 is 0 Å². The maximum absolute atomic E-state index is 5.74. The maximum atomic E-state index is 5.74. The van der Waals surface area contributed by atoms with Gasteiger partial charge in [-0.15, -0.1) is 0 Å². The highest BCUT2D eigenvalue weighted by molar-refractivity contribution is 5.84. The molecular formula is C16H23N3. The van der Waals surface area contributed by atoms with E-state index in [0.717, 1.165) is 30.8 Å². The number of hydrogen-bond acceptors (Lipinski definition) is 3. The number of hydrogen-bond donors (Lipinski definition) is 1. The van der Waals surface area contributed by atoms with Crippen LogP contribution in [0.4, 0.5) is 5.82 Å². The number of anilines is 1. The van der Waals surface area contributed by atoms with Crippen LogP contribution in [0, 0.1) is 6.92 Å². The van der Waals surface area contributed by atoms with E-state index in [1.54, 1.807) is 0 Å². The molecule has 0 spiro atoms. The quantitative estimate of drug-likeness (QED) is 0.895. The molecule has 1 aromatic heterocycles. The summed E-state index contributed by atoms with van der Waals surface area (Å²) in [6.07, 6.45) is 0.878. The van der Waals surface area contributed by atoms with Gasteiger partial charge >= 0.3 is 0 Å². The van der Waals surface area contributed by atoms with Gasteiger partial charge in [-0.25, -0.2) is 4.98 Å². The summed E-state index contributed by atoms with van der Waals surface area (Å²) in [5, 5.41) is 1.21. The second kappa shape index (κ2) is 6.02. The summed E-state index contributed by atoms with van der Waals surface area (Å²) in [6.45, 7) is 9.05. The van der Waals surface area contributed by atoms with Gasteiger partial charge in [-0.1, -0.05) is 18.2 Å². The summed E-state index contributed by atoms with van der Waals surface area (Å²) in [5.41, 5.74) is 9.32. The van der Waals surface area contributed by atoms with E-state index in [2.05, 4.69) is 49.9 Å². The molecule has 0 amide bonds. The highest BCUT2D eigenvalue weighted by Gasteiger charge is 2.12. The monoisotopic (exact) mass is 257 g/mol. The highest BCUT2D eigenvalue weighted by atomic mass is 15.2. The molecule has 0 aliphatic carbocycles. The predicted octanol–water partition coefficient (Wildman–Crippen LogP) is 2.89. The third-order valence-corrected chi connectivity index (χ3v) is 3.58. The predicted molar refractivity (Wildman–Crippen MR) is 82.8 cm³/mol. The fraction of sp³-hybridized carbons (Fsp3) is 0.438. The van der Waals surface area contributed by atoms with E-state index in [0.29, 0.717) is 6.54 Å². The van der Waals surface area contributed by atoms with Gasteiger partial charge in [0.2, 0.25) is 0 Å². The molecule has 0 saturated heterocycles.